The highest BCUT2D eigenvalue weighted by Crippen LogP contribution is 2.03. The van der Waals surface area contributed by atoms with Crippen LogP contribution in [0.1, 0.15) is 5.69 Å². The Bertz CT molecular complexity index is 516. The topological polar surface area (TPSA) is 56.9 Å². The quantitative estimate of drug-likeness (QED) is 0.615. The van der Waals surface area contributed by atoms with Crippen LogP contribution < -0.4 is 0 Å². The van der Waals surface area contributed by atoms with Crippen molar-refractivity contribution in [2.75, 3.05) is 0 Å². The molecule has 0 aromatic carbocycles. The van der Waals surface area contributed by atoms with Crippen LogP contribution in [0.25, 0.3) is 5.65 Å². The van der Waals surface area contributed by atoms with Gasteiger partial charge in [-0.05, 0) is 6.07 Å². The van der Waals surface area contributed by atoms with Crippen LogP contribution >= 0.6 is 12.2 Å². The number of imidazole rings is 1. The normalized spacial score (nSPS) is 9.92. The molecular formula is C7H4N4S. The molecule has 0 amide bonds. The molecule has 2 rings (SSSR count). The van der Waals surface area contributed by atoms with Gasteiger partial charge >= 0.3 is 0 Å². The van der Waals surface area contributed by atoms with Gasteiger partial charge in [-0.25, -0.2) is 4.98 Å². The third-order valence-corrected chi connectivity index (χ3v) is 1.77. The zero-order valence-electron chi connectivity index (χ0n) is 5.98. The second-order valence-corrected chi connectivity index (χ2v) is 2.71. The lowest BCUT2D eigenvalue weighted by Gasteiger charge is -1.90. The first kappa shape index (κ1) is 7.00. The minimum absolute atomic E-state index is 0.363. The predicted molar refractivity (Wildman–Crippen MR) is 45.1 cm³/mol. The molecular weight excluding hydrogens is 172 g/mol. The summed E-state index contributed by atoms with van der Waals surface area (Å²) in [4.78, 5) is 6.76. The van der Waals surface area contributed by atoms with E-state index in [-0.39, 0.29) is 0 Å². The molecule has 0 unspecified atom stereocenters. The van der Waals surface area contributed by atoms with Crippen molar-refractivity contribution in [1.29, 1.82) is 5.26 Å². The van der Waals surface area contributed by atoms with Crippen molar-refractivity contribution in [2.24, 2.45) is 0 Å². The molecule has 0 spiro atoms. The number of hydrogen-bond acceptors (Lipinski definition) is 3. The van der Waals surface area contributed by atoms with Gasteiger partial charge in [0.15, 0.2) is 11.3 Å². The molecule has 0 fully saturated rings. The van der Waals surface area contributed by atoms with Crippen molar-refractivity contribution in [3.63, 3.8) is 0 Å². The van der Waals surface area contributed by atoms with E-state index in [2.05, 4.69) is 9.97 Å². The van der Waals surface area contributed by atoms with Crippen LogP contribution in [0.4, 0.5) is 0 Å². The van der Waals surface area contributed by atoms with Gasteiger partial charge < -0.3 is 4.98 Å². The molecule has 0 saturated heterocycles. The molecule has 0 radical (unpaired) electrons. The fourth-order valence-electron chi connectivity index (χ4n) is 0.986. The lowest BCUT2D eigenvalue weighted by atomic mass is 10.5. The fraction of sp³-hybridized carbons (Fsp3) is 0. The molecule has 0 atom stereocenters. The summed E-state index contributed by atoms with van der Waals surface area (Å²) < 4.78 is 2.31. The minimum Gasteiger partial charge on any atom is -0.330 e. The minimum atomic E-state index is 0.363. The first-order chi connectivity index (χ1) is 5.81. The maximum absolute atomic E-state index is 8.64. The van der Waals surface area contributed by atoms with E-state index in [1.54, 1.807) is 23.0 Å². The largest absolute Gasteiger partial charge is 0.330 e. The van der Waals surface area contributed by atoms with Gasteiger partial charge in [-0.2, -0.15) is 5.26 Å². The highest BCUT2D eigenvalue weighted by molar-refractivity contribution is 7.71. The summed E-state index contributed by atoms with van der Waals surface area (Å²) in [5.41, 5.74) is 1.01. The Kier molecular flexibility index (Phi) is 1.42. The third kappa shape index (κ3) is 0.898. The van der Waals surface area contributed by atoms with Gasteiger partial charge in [0.25, 0.3) is 0 Å². The summed E-state index contributed by atoms with van der Waals surface area (Å²) >= 11 is 4.91. The third-order valence-electron chi connectivity index (χ3n) is 1.53. The standard InChI is InChI=1S/C7H4N4S/c8-3-5-7-10-6(12)1-2-11(7)4-9-5/h1-2,4H,(H,10,12). The number of hydrogen-bond donors (Lipinski definition) is 1. The Hall–Kier alpha value is -1.67. The van der Waals surface area contributed by atoms with Crippen molar-refractivity contribution in [3.05, 3.63) is 28.9 Å². The molecule has 58 valence electrons. The molecule has 1 N–H and O–H groups in total. The van der Waals surface area contributed by atoms with Gasteiger partial charge in [0, 0.05) is 6.20 Å². The van der Waals surface area contributed by atoms with Crippen molar-refractivity contribution >= 4 is 17.9 Å². The summed E-state index contributed by atoms with van der Waals surface area (Å²) in [6.07, 6.45) is 3.33. The summed E-state index contributed by atoms with van der Waals surface area (Å²) in [6, 6.07) is 3.71. The molecule has 0 aliphatic rings. The number of rotatable bonds is 0. The number of aromatic amines is 1. The second-order valence-electron chi connectivity index (χ2n) is 2.27. The predicted octanol–water partition coefficient (Wildman–Crippen LogP) is 1.26. The summed E-state index contributed by atoms with van der Waals surface area (Å²) in [5, 5.41) is 8.64. The molecule has 0 saturated carbocycles. The van der Waals surface area contributed by atoms with Crippen molar-refractivity contribution in [2.45, 2.75) is 0 Å². The Morgan fingerprint density at radius 2 is 2.50 bits per heavy atom. The van der Waals surface area contributed by atoms with Gasteiger partial charge in [-0.1, -0.05) is 12.2 Å². The monoisotopic (exact) mass is 176 g/mol. The van der Waals surface area contributed by atoms with E-state index in [1.165, 1.54) is 0 Å². The molecule has 0 aliphatic heterocycles. The maximum Gasteiger partial charge on any atom is 0.183 e. The number of fused-ring (bicyclic) bond motifs is 1. The lowest BCUT2D eigenvalue weighted by Crippen LogP contribution is -1.86. The smallest absolute Gasteiger partial charge is 0.183 e. The number of aromatic nitrogens is 3. The Balaban J connectivity index is 2.95. The van der Waals surface area contributed by atoms with Crippen molar-refractivity contribution in [3.8, 4) is 6.07 Å². The number of nitrogens with zero attached hydrogens (tertiary/aromatic N) is 3. The number of nitriles is 1. The molecule has 5 heteroatoms. The Morgan fingerprint density at radius 1 is 1.67 bits per heavy atom. The first-order valence-corrected chi connectivity index (χ1v) is 3.68. The molecule has 0 bridgehead atoms. The highest BCUT2D eigenvalue weighted by Gasteiger charge is 2.01. The zero-order chi connectivity index (χ0) is 8.55. The molecule has 12 heavy (non-hydrogen) atoms. The van der Waals surface area contributed by atoms with Crippen LogP contribution in [0.5, 0.6) is 0 Å². The van der Waals surface area contributed by atoms with Crippen molar-refractivity contribution < 1.29 is 0 Å². The van der Waals surface area contributed by atoms with E-state index in [0.29, 0.717) is 16.0 Å². The average Bonchev–Trinajstić information content (AvgIpc) is 2.46. The maximum atomic E-state index is 8.64. The van der Waals surface area contributed by atoms with E-state index < -0.39 is 0 Å². The van der Waals surface area contributed by atoms with Gasteiger partial charge in [0.05, 0.1) is 0 Å². The van der Waals surface area contributed by atoms with E-state index in [1.807, 2.05) is 6.07 Å². The molecule has 2 aromatic rings. The van der Waals surface area contributed by atoms with Crippen LogP contribution in [0, 0.1) is 16.0 Å². The van der Waals surface area contributed by atoms with E-state index >= 15 is 0 Å². The van der Waals surface area contributed by atoms with Gasteiger partial charge in [-0.15, -0.1) is 0 Å². The molecule has 0 aliphatic carbocycles. The Morgan fingerprint density at radius 3 is 3.25 bits per heavy atom. The van der Waals surface area contributed by atoms with E-state index in [4.69, 9.17) is 17.5 Å². The van der Waals surface area contributed by atoms with E-state index in [9.17, 15) is 0 Å². The van der Waals surface area contributed by atoms with Crippen LogP contribution in [-0.2, 0) is 0 Å². The Labute approximate surface area is 73.1 Å². The molecule has 2 aromatic heterocycles. The van der Waals surface area contributed by atoms with Gasteiger partial charge in [-0.3, -0.25) is 4.40 Å². The lowest BCUT2D eigenvalue weighted by molar-refractivity contribution is 1.10. The fourth-order valence-corrected chi connectivity index (χ4v) is 1.14. The SMILES string of the molecule is N#Cc1ncn2ccc(=S)[nH]c12. The average molecular weight is 176 g/mol. The van der Waals surface area contributed by atoms with Gasteiger partial charge in [0.1, 0.15) is 17.0 Å². The molecule has 4 nitrogen and oxygen atoms in total. The van der Waals surface area contributed by atoms with Crippen molar-refractivity contribution in [1.82, 2.24) is 14.4 Å². The van der Waals surface area contributed by atoms with E-state index in [0.717, 1.165) is 0 Å². The zero-order valence-corrected chi connectivity index (χ0v) is 6.80. The summed E-state index contributed by atoms with van der Waals surface area (Å²) in [7, 11) is 0. The first-order valence-electron chi connectivity index (χ1n) is 3.27. The van der Waals surface area contributed by atoms with Crippen LogP contribution in [-0.4, -0.2) is 14.4 Å². The van der Waals surface area contributed by atoms with Gasteiger partial charge in [0.2, 0.25) is 0 Å². The van der Waals surface area contributed by atoms with Crippen LogP contribution in [0.3, 0.4) is 0 Å². The summed E-state index contributed by atoms with van der Waals surface area (Å²) in [5.74, 6) is 0. The van der Waals surface area contributed by atoms with Crippen LogP contribution in [0.2, 0.25) is 0 Å². The summed E-state index contributed by atoms with van der Waals surface area (Å²) in [6.45, 7) is 0. The highest BCUT2D eigenvalue weighted by atomic mass is 32.1. The van der Waals surface area contributed by atoms with Crippen LogP contribution in [0.15, 0.2) is 18.6 Å². The molecule has 2 heterocycles. The number of nitrogens with one attached hydrogen (secondary N) is 1. The number of H-pyrrole nitrogens is 1. The second kappa shape index (κ2) is 2.43.